The summed E-state index contributed by atoms with van der Waals surface area (Å²) in [4.78, 5) is 18.4. The summed E-state index contributed by atoms with van der Waals surface area (Å²) in [6.45, 7) is 1.94. The van der Waals surface area contributed by atoms with Crippen molar-refractivity contribution in [3.8, 4) is 0 Å². The smallest absolute Gasteiger partial charge is 0.255 e. The second-order valence-electron chi connectivity index (χ2n) is 5.94. The summed E-state index contributed by atoms with van der Waals surface area (Å²) in [5.74, 6) is -0.116. The Morgan fingerprint density at radius 2 is 1.92 bits per heavy atom. The number of halogens is 2. The van der Waals surface area contributed by atoms with Crippen LogP contribution in [0.3, 0.4) is 0 Å². The number of carbonyl (C=O) groups excluding carboxylic acids is 1. The fourth-order valence-corrected chi connectivity index (χ4v) is 2.89. The number of pyridine rings is 1. The van der Waals surface area contributed by atoms with Gasteiger partial charge in [0.25, 0.3) is 5.91 Å². The molecule has 0 unspecified atom stereocenters. The number of aryl methyl sites for hydroxylation is 1. The molecule has 0 saturated carbocycles. The maximum Gasteiger partial charge on any atom is 0.255 e. The first-order chi connectivity index (χ1) is 11.9. The Hall–Kier alpha value is -2.66. The lowest BCUT2D eigenvalue weighted by atomic mass is 10.0. The molecule has 1 N–H and O–H groups in total. The zero-order valence-corrected chi connectivity index (χ0v) is 14.9. The predicted molar refractivity (Wildman–Crippen MR) is 99.2 cm³/mol. The number of aromatic nitrogens is 1. The Kier molecular flexibility index (Phi) is 4.59. The van der Waals surface area contributed by atoms with Crippen LogP contribution in [0.4, 0.5) is 15.9 Å². The Balaban J connectivity index is 2.18. The molecule has 0 saturated heterocycles. The summed E-state index contributed by atoms with van der Waals surface area (Å²) in [5.41, 5.74) is 1.90. The minimum Gasteiger partial charge on any atom is -0.345 e. The van der Waals surface area contributed by atoms with Crippen LogP contribution >= 0.6 is 11.6 Å². The average Bonchev–Trinajstić information content (AvgIpc) is 2.59. The van der Waals surface area contributed by atoms with E-state index in [4.69, 9.17) is 11.6 Å². The van der Waals surface area contributed by atoms with Crippen LogP contribution in [0.1, 0.15) is 15.9 Å². The van der Waals surface area contributed by atoms with E-state index < -0.39 is 5.82 Å². The average molecular weight is 358 g/mol. The van der Waals surface area contributed by atoms with Crippen molar-refractivity contribution in [2.75, 3.05) is 19.4 Å². The van der Waals surface area contributed by atoms with Gasteiger partial charge < -0.3 is 10.2 Å². The maximum absolute atomic E-state index is 13.7. The third-order valence-corrected chi connectivity index (χ3v) is 4.35. The number of hydrogen-bond donors (Lipinski definition) is 1. The van der Waals surface area contributed by atoms with Crippen molar-refractivity contribution in [1.29, 1.82) is 0 Å². The molecule has 3 aromatic rings. The maximum atomic E-state index is 13.7. The third-order valence-electron chi connectivity index (χ3n) is 3.96. The highest BCUT2D eigenvalue weighted by Gasteiger charge is 2.17. The monoisotopic (exact) mass is 357 g/mol. The molecule has 0 aliphatic heterocycles. The van der Waals surface area contributed by atoms with Crippen LogP contribution in [0.15, 0.2) is 42.6 Å². The molecule has 1 amide bonds. The number of nitrogens with zero attached hydrogens (tertiary/aromatic N) is 2. The van der Waals surface area contributed by atoms with Gasteiger partial charge in [-0.3, -0.25) is 4.79 Å². The molecule has 6 heteroatoms. The number of amides is 1. The standard InChI is InChI=1S/C19H17ClFN3O/c1-11-6-4-7-12-16(11)13(19(25)24(2)3)10-22-18(12)23-15-9-5-8-14(21)17(15)20/h4-10H,1-3H3,(H,22,23). The topological polar surface area (TPSA) is 45.2 Å². The molecular formula is C19H17ClFN3O. The van der Waals surface area contributed by atoms with Gasteiger partial charge in [-0.2, -0.15) is 0 Å². The number of anilines is 2. The van der Waals surface area contributed by atoms with Gasteiger partial charge >= 0.3 is 0 Å². The van der Waals surface area contributed by atoms with Gasteiger partial charge in [-0.05, 0) is 24.6 Å². The van der Waals surface area contributed by atoms with Gasteiger partial charge in [0.1, 0.15) is 11.6 Å². The second kappa shape index (κ2) is 6.69. The molecule has 1 heterocycles. The van der Waals surface area contributed by atoms with Crippen LogP contribution in [0, 0.1) is 12.7 Å². The lowest BCUT2D eigenvalue weighted by molar-refractivity contribution is 0.0829. The van der Waals surface area contributed by atoms with Crippen LogP contribution in [-0.2, 0) is 0 Å². The SMILES string of the molecule is Cc1cccc2c(Nc3cccc(F)c3Cl)ncc(C(=O)N(C)C)c12. The van der Waals surface area contributed by atoms with E-state index in [0.29, 0.717) is 17.1 Å². The summed E-state index contributed by atoms with van der Waals surface area (Å²) in [6.07, 6.45) is 1.53. The zero-order chi connectivity index (χ0) is 18.1. The Labute approximate surface area is 150 Å². The number of rotatable bonds is 3. The lowest BCUT2D eigenvalue weighted by Gasteiger charge is -2.16. The fraction of sp³-hybridized carbons (Fsp3) is 0.158. The normalized spacial score (nSPS) is 10.8. The van der Waals surface area contributed by atoms with E-state index in [1.165, 1.54) is 17.2 Å². The fourth-order valence-electron chi connectivity index (χ4n) is 2.72. The largest absolute Gasteiger partial charge is 0.345 e. The van der Waals surface area contributed by atoms with Crippen molar-refractivity contribution >= 4 is 39.8 Å². The second-order valence-corrected chi connectivity index (χ2v) is 6.32. The molecule has 0 fully saturated rings. The van der Waals surface area contributed by atoms with Gasteiger partial charge in [-0.15, -0.1) is 0 Å². The number of fused-ring (bicyclic) bond motifs is 1. The third kappa shape index (κ3) is 3.15. The molecule has 2 aromatic carbocycles. The predicted octanol–water partition coefficient (Wildman–Crippen LogP) is 4.78. The van der Waals surface area contributed by atoms with E-state index >= 15 is 0 Å². The summed E-state index contributed by atoms with van der Waals surface area (Å²) in [5, 5.41) is 4.65. The first-order valence-corrected chi connectivity index (χ1v) is 8.09. The highest BCUT2D eigenvalue weighted by molar-refractivity contribution is 6.33. The van der Waals surface area contributed by atoms with Crippen molar-refractivity contribution in [3.05, 3.63) is 64.6 Å². The Morgan fingerprint density at radius 1 is 1.20 bits per heavy atom. The molecule has 0 aliphatic rings. The van der Waals surface area contributed by atoms with E-state index in [9.17, 15) is 9.18 Å². The Morgan fingerprint density at radius 3 is 2.64 bits per heavy atom. The summed E-state index contributed by atoms with van der Waals surface area (Å²) >= 11 is 6.02. The highest BCUT2D eigenvalue weighted by Crippen LogP contribution is 2.32. The van der Waals surface area contributed by atoms with Crippen molar-refractivity contribution in [1.82, 2.24) is 9.88 Å². The Bertz CT molecular complexity index is 972. The summed E-state index contributed by atoms with van der Waals surface area (Å²) in [7, 11) is 3.40. The highest BCUT2D eigenvalue weighted by atomic mass is 35.5. The minimum atomic E-state index is -0.508. The van der Waals surface area contributed by atoms with Crippen molar-refractivity contribution in [3.63, 3.8) is 0 Å². The van der Waals surface area contributed by atoms with E-state index in [1.54, 1.807) is 26.2 Å². The van der Waals surface area contributed by atoms with E-state index in [-0.39, 0.29) is 10.9 Å². The van der Waals surface area contributed by atoms with Crippen LogP contribution in [0.5, 0.6) is 0 Å². The molecule has 3 rings (SSSR count). The lowest BCUT2D eigenvalue weighted by Crippen LogP contribution is -2.22. The quantitative estimate of drug-likeness (QED) is 0.733. The van der Waals surface area contributed by atoms with Gasteiger partial charge in [0.2, 0.25) is 0 Å². The van der Waals surface area contributed by atoms with Crippen molar-refractivity contribution in [2.45, 2.75) is 6.92 Å². The van der Waals surface area contributed by atoms with Crippen LogP contribution < -0.4 is 5.32 Å². The number of benzene rings is 2. The number of hydrogen-bond acceptors (Lipinski definition) is 3. The van der Waals surface area contributed by atoms with Crippen molar-refractivity contribution in [2.24, 2.45) is 0 Å². The van der Waals surface area contributed by atoms with Gasteiger partial charge in [-0.1, -0.05) is 35.9 Å². The zero-order valence-electron chi connectivity index (χ0n) is 14.1. The molecule has 0 spiro atoms. The molecule has 1 aromatic heterocycles. The summed E-state index contributed by atoms with van der Waals surface area (Å²) < 4.78 is 13.7. The number of nitrogens with one attached hydrogen (secondary N) is 1. The first kappa shape index (κ1) is 17.2. The molecule has 0 bridgehead atoms. The van der Waals surface area contributed by atoms with Gasteiger partial charge in [0.15, 0.2) is 0 Å². The molecule has 0 atom stereocenters. The van der Waals surface area contributed by atoms with Crippen molar-refractivity contribution < 1.29 is 9.18 Å². The van der Waals surface area contributed by atoms with Gasteiger partial charge in [0.05, 0.1) is 16.3 Å². The summed E-state index contributed by atoms with van der Waals surface area (Å²) in [6, 6.07) is 10.2. The van der Waals surface area contributed by atoms with Crippen LogP contribution in [-0.4, -0.2) is 29.9 Å². The minimum absolute atomic E-state index is 0.00134. The van der Waals surface area contributed by atoms with Crippen LogP contribution in [0.2, 0.25) is 5.02 Å². The van der Waals surface area contributed by atoms with E-state index in [0.717, 1.165) is 16.3 Å². The molecule has 128 valence electrons. The van der Waals surface area contributed by atoms with Crippen LogP contribution in [0.25, 0.3) is 10.8 Å². The van der Waals surface area contributed by atoms with E-state index in [1.807, 2.05) is 25.1 Å². The molecule has 0 radical (unpaired) electrons. The van der Waals surface area contributed by atoms with Gasteiger partial charge in [0, 0.05) is 31.1 Å². The molecule has 4 nitrogen and oxygen atoms in total. The van der Waals surface area contributed by atoms with Gasteiger partial charge in [-0.25, -0.2) is 9.37 Å². The molecular weight excluding hydrogens is 341 g/mol. The van der Waals surface area contributed by atoms with E-state index in [2.05, 4.69) is 10.3 Å². The number of carbonyl (C=O) groups is 1. The first-order valence-electron chi connectivity index (χ1n) is 7.71. The molecule has 0 aliphatic carbocycles. The molecule has 25 heavy (non-hydrogen) atoms.